The highest BCUT2D eigenvalue weighted by molar-refractivity contribution is 8.21. The van der Waals surface area contributed by atoms with Crippen LogP contribution in [0.15, 0.2) is 0 Å². The number of ether oxygens (including phenoxy) is 3. The van der Waals surface area contributed by atoms with E-state index >= 15 is 0 Å². The number of hydrogen-bond donors (Lipinski definition) is 2. The van der Waals surface area contributed by atoms with Gasteiger partial charge in [0.05, 0.1) is 22.4 Å². The van der Waals surface area contributed by atoms with E-state index in [0.29, 0.717) is 13.0 Å². The van der Waals surface area contributed by atoms with Crippen LogP contribution in [0.5, 0.6) is 0 Å². The zero-order valence-corrected chi connectivity index (χ0v) is 30.4. The number of nitrogens with zero attached hydrogens (tertiary/aromatic N) is 1. The van der Waals surface area contributed by atoms with Crippen molar-refractivity contribution >= 4 is 83.4 Å². The number of carbonyl (C=O) groups excluding carboxylic acids is 4. The second-order valence-electron chi connectivity index (χ2n) is 12.6. The van der Waals surface area contributed by atoms with Crippen LogP contribution in [0.3, 0.4) is 0 Å². The first-order valence-corrected chi connectivity index (χ1v) is 19.1. The first-order chi connectivity index (χ1) is 20.4. The smallest absolute Gasteiger partial charge is 0.408 e. The molecule has 0 radical (unpaired) electrons. The maximum Gasteiger partial charge on any atom is 0.408 e. The van der Waals surface area contributed by atoms with Crippen molar-refractivity contribution in [1.29, 1.82) is 0 Å². The number of alkyl carbamates (subject to hydrolysis) is 1. The molecule has 4 heterocycles. The molecule has 2 spiro atoms. The van der Waals surface area contributed by atoms with Crippen LogP contribution in [0.2, 0.25) is 0 Å². The van der Waals surface area contributed by atoms with Gasteiger partial charge in [0.1, 0.15) is 23.7 Å². The molecule has 1 unspecified atom stereocenters. The Morgan fingerprint density at radius 2 is 1.43 bits per heavy atom. The van der Waals surface area contributed by atoms with Gasteiger partial charge < -0.3 is 29.7 Å². The van der Waals surface area contributed by atoms with Gasteiger partial charge in [0.2, 0.25) is 5.91 Å². The van der Waals surface area contributed by atoms with Crippen molar-refractivity contribution in [3.63, 3.8) is 0 Å². The average Bonchev–Trinajstić information content (AvgIpc) is 3.80. The van der Waals surface area contributed by atoms with E-state index in [1.165, 1.54) is 25.7 Å². The molecule has 5 aliphatic rings. The molecule has 2 N–H and O–H groups in total. The van der Waals surface area contributed by atoms with Crippen LogP contribution in [0, 0.1) is 5.92 Å². The maximum absolute atomic E-state index is 13.7. The number of hydrogen-bond acceptors (Lipinski definition) is 12. The maximum atomic E-state index is 13.7. The van der Waals surface area contributed by atoms with Gasteiger partial charge in [0, 0.05) is 42.5 Å². The Hall–Kier alpha value is -0.670. The minimum atomic E-state index is -0.682. The Kier molecular flexibility index (Phi) is 14.1. The molecule has 4 saturated heterocycles. The Morgan fingerprint density at radius 3 is 1.98 bits per heavy atom. The minimum Gasteiger partial charge on any atom is -0.468 e. The van der Waals surface area contributed by atoms with Crippen LogP contribution in [0.4, 0.5) is 4.79 Å². The number of likely N-dealkylation sites (tertiary alicyclic amines) is 1. The summed E-state index contributed by atoms with van der Waals surface area (Å²) in [5, 5.41) is 6.08. The second-order valence-corrected chi connectivity index (χ2v) is 19.0. The van der Waals surface area contributed by atoms with E-state index in [1.807, 2.05) is 47.0 Å². The average molecular weight is 714 g/mol. The quantitative estimate of drug-likeness (QED) is 0.308. The molecule has 3 atom stereocenters. The summed E-state index contributed by atoms with van der Waals surface area (Å²) in [6.45, 7) is 6.84. The lowest BCUT2D eigenvalue weighted by Gasteiger charge is -2.34. The fourth-order valence-corrected chi connectivity index (χ4v) is 12.8. The summed E-state index contributed by atoms with van der Waals surface area (Å²) in [4.78, 5) is 51.7. The van der Waals surface area contributed by atoms with Gasteiger partial charge in [0.15, 0.2) is 0 Å². The Balaban J connectivity index is 0.000000315. The van der Waals surface area contributed by atoms with Crippen molar-refractivity contribution in [2.24, 2.45) is 5.92 Å². The first kappa shape index (κ1) is 37.8. The molecule has 10 nitrogen and oxygen atoms in total. The molecule has 252 valence electrons. The second kappa shape index (κ2) is 16.4. The molecule has 5 fully saturated rings. The summed E-state index contributed by atoms with van der Waals surface area (Å²) < 4.78 is 15.3. The molecule has 44 heavy (non-hydrogen) atoms. The van der Waals surface area contributed by atoms with E-state index < -0.39 is 23.8 Å². The normalized spacial score (nSPS) is 26.3. The predicted octanol–water partition coefficient (Wildman–Crippen LogP) is 4.53. The van der Waals surface area contributed by atoms with Crippen molar-refractivity contribution in [3.8, 4) is 0 Å². The molecule has 0 aromatic rings. The van der Waals surface area contributed by atoms with Gasteiger partial charge in [-0.05, 0) is 46.0 Å². The fraction of sp³-hybridized carbons (Fsp3) is 0.862. The van der Waals surface area contributed by atoms with Crippen molar-refractivity contribution in [2.75, 3.05) is 50.3 Å². The molecule has 1 saturated carbocycles. The largest absolute Gasteiger partial charge is 0.468 e. The molecule has 0 aromatic heterocycles. The lowest BCUT2D eigenvalue weighted by molar-refractivity contribution is -0.152. The summed E-state index contributed by atoms with van der Waals surface area (Å²) in [5.41, 5.74) is -0.645. The predicted molar refractivity (Wildman–Crippen MR) is 183 cm³/mol. The summed E-state index contributed by atoms with van der Waals surface area (Å²) in [6.07, 6.45) is 5.92. The number of methoxy groups -OCH3 is 2. The number of rotatable bonds is 5. The lowest BCUT2D eigenvalue weighted by Crippen LogP contribution is -2.55. The van der Waals surface area contributed by atoms with Crippen LogP contribution < -0.4 is 10.6 Å². The zero-order chi connectivity index (χ0) is 31.3. The minimum absolute atomic E-state index is 0. The molecule has 0 aromatic carbocycles. The van der Waals surface area contributed by atoms with Crippen LogP contribution in [-0.2, 0) is 28.6 Å². The van der Waals surface area contributed by atoms with Gasteiger partial charge >= 0.3 is 18.0 Å². The number of thioether (sulfide) groups is 4. The monoisotopic (exact) mass is 713 g/mol. The highest BCUT2D eigenvalue weighted by Crippen LogP contribution is 2.52. The number of amides is 2. The molecule has 1 aliphatic carbocycles. The zero-order valence-electron chi connectivity index (χ0n) is 26.3. The topological polar surface area (TPSA) is 123 Å². The highest BCUT2D eigenvalue weighted by atomic mass is 35.5. The Bertz CT molecular complexity index is 1020. The van der Waals surface area contributed by atoms with E-state index in [9.17, 15) is 19.2 Å². The SMILES string of the molecule is COC(=O)[C@@H]1CC2(CN1)SCCS2.COC(=O)[C@@H]1CC2(CN1C(=O)C(NC(=O)OC(C)(C)C)C1CCCCC1)SCCS2.Cl. The molecule has 0 bridgehead atoms. The van der Waals surface area contributed by atoms with E-state index in [-0.39, 0.29) is 50.4 Å². The van der Waals surface area contributed by atoms with Gasteiger partial charge in [-0.15, -0.1) is 59.5 Å². The van der Waals surface area contributed by atoms with Crippen molar-refractivity contribution < 1.29 is 33.4 Å². The van der Waals surface area contributed by atoms with Crippen molar-refractivity contribution in [2.45, 2.75) is 97.6 Å². The van der Waals surface area contributed by atoms with Crippen molar-refractivity contribution in [1.82, 2.24) is 15.5 Å². The molecular formula is C29H48ClN3O7S4. The summed E-state index contributed by atoms with van der Waals surface area (Å²) in [5.74, 6) is 3.81. The standard InChI is InChI=1S/C21H34N2O5S2.C8H13NO2S2.ClH/c1-20(2,3)28-19(26)22-16(14-8-6-5-7-9-14)17(24)23-13-21(29-10-11-30-21)12-15(23)18(25)27-4;1-11-7(10)6-4-8(5-9-6)12-2-3-13-8;/h14-16H,5-13H2,1-4H3,(H,22,26);6,9H,2-5H2,1H3;1H/t15-,16?;6-;/m00./s1. The van der Waals surface area contributed by atoms with Crippen molar-refractivity contribution in [3.05, 3.63) is 0 Å². The molecule has 2 amide bonds. The molecule has 4 aliphatic heterocycles. The number of halogens is 1. The number of nitrogens with one attached hydrogen (secondary N) is 2. The van der Waals surface area contributed by atoms with Crippen LogP contribution in [0.25, 0.3) is 0 Å². The third-order valence-electron chi connectivity index (χ3n) is 8.35. The summed E-state index contributed by atoms with van der Waals surface area (Å²) in [6, 6.07) is -1.37. The number of carbonyl (C=O) groups is 4. The summed E-state index contributed by atoms with van der Waals surface area (Å²) >= 11 is 7.60. The Morgan fingerprint density at radius 1 is 0.864 bits per heavy atom. The van der Waals surface area contributed by atoms with Crippen LogP contribution in [-0.4, -0.2) is 111 Å². The van der Waals surface area contributed by atoms with Crippen LogP contribution in [0.1, 0.15) is 65.7 Å². The van der Waals surface area contributed by atoms with Gasteiger partial charge in [-0.2, -0.15) is 0 Å². The summed E-state index contributed by atoms with van der Waals surface area (Å²) in [7, 11) is 2.81. The molecule has 15 heteroatoms. The Labute approximate surface area is 284 Å². The highest BCUT2D eigenvalue weighted by Gasteiger charge is 2.53. The third kappa shape index (κ3) is 9.68. The molecular weight excluding hydrogens is 666 g/mol. The van der Waals surface area contributed by atoms with E-state index in [0.717, 1.165) is 56.6 Å². The van der Waals surface area contributed by atoms with Crippen LogP contribution >= 0.6 is 59.5 Å². The number of esters is 2. The van der Waals surface area contributed by atoms with Gasteiger partial charge in [-0.1, -0.05) is 19.3 Å². The van der Waals surface area contributed by atoms with Gasteiger partial charge in [-0.25, -0.2) is 9.59 Å². The van der Waals surface area contributed by atoms with Gasteiger partial charge in [-0.3, -0.25) is 9.59 Å². The fourth-order valence-electron chi connectivity index (χ4n) is 6.35. The molecule has 5 rings (SSSR count). The first-order valence-electron chi connectivity index (χ1n) is 15.1. The van der Waals surface area contributed by atoms with E-state index in [1.54, 1.807) is 25.7 Å². The third-order valence-corrected chi connectivity index (χ3v) is 15.2. The van der Waals surface area contributed by atoms with E-state index in [4.69, 9.17) is 14.2 Å². The van der Waals surface area contributed by atoms with Gasteiger partial charge in [0.25, 0.3) is 0 Å². The van der Waals surface area contributed by atoms with E-state index in [2.05, 4.69) is 10.6 Å². The lowest BCUT2D eigenvalue weighted by atomic mass is 9.83.